The molecule has 1 heterocycles. The van der Waals surface area contributed by atoms with Crippen LogP contribution in [0.25, 0.3) is 0 Å². The first-order valence-corrected chi connectivity index (χ1v) is 5.52. The molecule has 0 radical (unpaired) electrons. The monoisotopic (exact) mass is 209 g/mol. The molecule has 0 unspecified atom stereocenters. The lowest BCUT2D eigenvalue weighted by Crippen LogP contribution is -2.16. The Bertz CT molecular complexity index is 249. The molecule has 0 atom stereocenters. The number of carbonyl (C=O) groups excluding carboxylic acids is 1. The average Bonchev–Trinajstić information content (AvgIpc) is 2.63. The van der Waals surface area contributed by atoms with Crippen molar-refractivity contribution in [3.05, 3.63) is 36.0 Å². The van der Waals surface area contributed by atoms with E-state index in [4.69, 9.17) is 0 Å². The highest BCUT2D eigenvalue weighted by atomic mass is 16.1. The van der Waals surface area contributed by atoms with Gasteiger partial charge < -0.3 is 5.32 Å². The number of allylic oxidation sites excluding steroid dienone is 2. The van der Waals surface area contributed by atoms with Crippen LogP contribution in [0, 0.1) is 0 Å². The first-order valence-electron chi connectivity index (χ1n) is 5.52. The Labute approximate surface area is 93.8 Å². The van der Waals surface area contributed by atoms with Crippen molar-refractivity contribution >= 4 is 5.91 Å². The smallest absolute Gasteiger partial charge is 0.247 e. The van der Waals surface area contributed by atoms with Crippen molar-refractivity contribution in [3.63, 3.8) is 0 Å². The van der Waals surface area contributed by atoms with E-state index in [0.717, 1.165) is 11.1 Å². The van der Waals surface area contributed by atoms with Crippen LogP contribution in [0.3, 0.4) is 0 Å². The van der Waals surface area contributed by atoms with Gasteiger partial charge in [0.15, 0.2) is 0 Å². The van der Waals surface area contributed by atoms with Gasteiger partial charge in [0, 0.05) is 12.1 Å². The third-order valence-corrected chi connectivity index (χ3v) is 1.70. The largest absolute Gasteiger partial charge is 0.348 e. The minimum Gasteiger partial charge on any atom is -0.348 e. The average molecular weight is 209 g/mol. The summed E-state index contributed by atoms with van der Waals surface area (Å²) in [5, 5.41) is 2.73. The Morgan fingerprint density at radius 1 is 1.27 bits per heavy atom. The van der Waals surface area contributed by atoms with Crippen LogP contribution in [0.5, 0.6) is 0 Å². The van der Waals surface area contributed by atoms with Crippen LogP contribution in [-0.4, -0.2) is 12.5 Å². The van der Waals surface area contributed by atoms with E-state index >= 15 is 0 Å². The second-order valence-electron chi connectivity index (χ2n) is 2.43. The number of rotatable bonds is 2. The fourth-order valence-corrected chi connectivity index (χ4v) is 0.955. The predicted molar refractivity (Wildman–Crippen MR) is 67.7 cm³/mol. The lowest BCUT2D eigenvalue weighted by molar-refractivity contribution is -0.116. The summed E-state index contributed by atoms with van der Waals surface area (Å²) in [5.41, 5.74) is 1.86. The standard InChI is InChI=1S/C9H11NO.2C2H6/c1-3-4-5-8-6-10-9(11)7(8)2;2*1-2/h3-5H,1,6H2,2H3,(H,10,11);2*1-2H3/b5-4-;;. The zero-order valence-electron chi connectivity index (χ0n) is 10.6. The van der Waals surface area contributed by atoms with Gasteiger partial charge in [-0.15, -0.1) is 0 Å². The molecule has 0 aromatic rings. The van der Waals surface area contributed by atoms with Gasteiger partial charge in [0.2, 0.25) is 5.91 Å². The van der Waals surface area contributed by atoms with Crippen molar-refractivity contribution in [1.82, 2.24) is 5.32 Å². The molecule has 15 heavy (non-hydrogen) atoms. The highest BCUT2D eigenvalue weighted by Gasteiger charge is 2.15. The summed E-state index contributed by atoms with van der Waals surface area (Å²) < 4.78 is 0. The Kier molecular flexibility index (Phi) is 11.6. The molecular weight excluding hydrogens is 186 g/mol. The zero-order chi connectivity index (χ0) is 12.3. The van der Waals surface area contributed by atoms with E-state index in [0.29, 0.717) is 6.54 Å². The second kappa shape index (κ2) is 10.8. The van der Waals surface area contributed by atoms with Gasteiger partial charge >= 0.3 is 0 Å². The van der Waals surface area contributed by atoms with Crippen molar-refractivity contribution < 1.29 is 4.79 Å². The predicted octanol–water partition coefficient (Wildman–Crippen LogP) is 3.23. The molecule has 0 spiro atoms. The summed E-state index contributed by atoms with van der Waals surface area (Å²) in [6.45, 7) is 14.0. The van der Waals surface area contributed by atoms with Crippen LogP contribution in [-0.2, 0) is 4.79 Å². The van der Waals surface area contributed by atoms with E-state index in [9.17, 15) is 4.79 Å². The molecule has 0 aromatic heterocycles. The van der Waals surface area contributed by atoms with E-state index in [1.165, 1.54) is 0 Å². The molecule has 0 fully saturated rings. The van der Waals surface area contributed by atoms with Gasteiger partial charge in [0.05, 0.1) is 0 Å². The van der Waals surface area contributed by atoms with Gasteiger partial charge in [-0.25, -0.2) is 0 Å². The van der Waals surface area contributed by atoms with Crippen LogP contribution in [0.4, 0.5) is 0 Å². The zero-order valence-corrected chi connectivity index (χ0v) is 10.6. The lowest BCUT2D eigenvalue weighted by atomic mass is 10.1. The Balaban J connectivity index is 0. The molecule has 0 aliphatic carbocycles. The van der Waals surface area contributed by atoms with Crippen LogP contribution in [0.2, 0.25) is 0 Å². The van der Waals surface area contributed by atoms with Crippen LogP contribution in [0.15, 0.2) is 36.0 Å². The minimum absolute atomic E-state index is 0.0358. The molecule has 0 bridgehead atoms. The molecule has 1 amide bonds. The SMILES string of the molecule is C=C/C=C\C1=C(C)C(=O)NC1.CC.CC. The number of amides is 1. The third kappa shape index (κ3) is 5.89. The normalized spacial score (nSPS) is 13.8. The maximum absolute atomic E-state index is 10.9. The summed E-state index contributed by atoms with van der Waals surface area (Å²) in [6.07, 6.45) is 5.43. The quantitative estimate of drug-likeness (QED) is 0.695. The van der Waals surface area contributed by atoms with Crippen LogP contribution < -0.4 is 5.32 Å². The summed E-state index contributed by atoms with van der Waals surface area (Å²) in [5.74, 6) is 0.0358. The van der Waals surface area contributed by atoms with Gasteiger partial charge in [-0.2, -0.15) is 0 Å². The molecule has 1 N–H and O–H groups in total. The number of hydrogen-bond donors (Lipinski definition) is 1. The van der Waals surface area contributed by atoms with Gasteiger partial charge in [-0.3, -0.25) is 4.79 Å². The topological polar surface area (TPSA) is 29.1 Å². The fourth-order valence-electron chi connectivity index (χ4n) is 0.955. The van der Waals surface area contributed by atoms with Crippen LogP contribution in [0.1, 0.15) is 34.6 Å². The summed E-state index contributed by atoms with van der Waals surface area (Å²) >= 11 is 0. The van der Waals surface area contributed by atoms with Gasteiger partial charge in [-0.05, 0) is 12.5 Å². The Hall–Kier alpha value is -1.31. The van der Waals surface area contributed by atoms with E-state index in [1.807, 2.05) is 46.8 Å². The van der Waals surface area contributed by atoms with Crippen molar-refractivity contribution in [3.8, 4) is 0 Å². The molecule has 86 valence electrons. The van der Waals surface area contributed by atoms with Gasteiger partial charge in [0.25, 0.3) is 0 Å². The van der Waals surface area contributed by atoms with E-state index in [-0.39, 0.29) is 5.91 Å². The molecule has 2 nitrogen and oxygen atoms in total. The summed E-state index contributed by atoms with van der Waals surface area (Å²) in [7, 11) is 0. The molecular formula is C13H23NO. The molecule has 0 saturated carbocycles. The van der Waals surface area contributed by atoms with Crippen molar-refractivity contribution in [2.45, 2.75) is 34.6 Å². The second-order valence-corrected chi connectivity index (χ2v) is 2.43. The third-order valence-electron chi connectivity index (χ3n) is 1.70. The van der Waals surface area contributed by atoms with E-state index in [2.05, 4.69) is 11.9 Å². The van der Waals surface area contributed by atoms with Crippen molar-refractivity contribution in [2.75, 3.05) is 6.54 Å². The maximum atomic E-state index is 10.9. The highest BCUT2D eigenvalue weighted by Crippen LogP contribution is 2.10. The molecule has 1 aliphatic heterocycles. The van der Waals surface area contributed by atoms with Crippen molar-refractivity contribution in [1.29, 1.82) is 0 Å². The molecule has 1 rings (SSSR count). The lowest BCUT2D eigenvalue weighted by Gasteiger charge is -1.88. The van der Waals surface area contributed by atoms with E-state index in [1.54, 1.807) is 6.08 Å². The summed E-state index contributed by atoms with van der Waals surface area (Å²) in [4.78, 5) is 10.9. The Morgan fingerprint density at radius 2 is 1.80 bits per heavy atom. The number of nitrogens with one attached hydrogen (secondary N) is 1. The van der Waals surface area contributed by atoms with Gasteiger partial charge in [-0.1, -0.05) is 52.5 Å². The number of carbonyl (C=O) groups is 1. The summed E-state index contributed by atoms with van der Waals surface area (Å²) in [6, 6.07) is 0. The first-order chi connectivity index (χ1) is 7.25. The Morgan fingerprint density at radius 3 is 2.13 bits per heavy atom. The molecule has 2 heteroatoms. The fraction of sp³-hybridized carbons (Fsp3) is 0.462. The molecule has 0 aromatic carbocycles. The molecule has 1 aliphatic rings. The van der Waals surface area contributed by atoms with Crippen molar-refractivity contribution in [2.24, 2.45) is 0 Å². The minimum atomic E-state index is 0.0358. The number of hydrogen-bond acceptors (Lipinski definition) is 1. The maximum Gasteiger partial charge on any atom is 0.247 e. The molecule has 0 saturated heterocycles. The van der Waals surface area contributed by atoms with Gasteiger partial charge in [0.1, 0.15) is 0 Å². The van der Waals surface area contributed by atoms with E-state index < -0.39 is 0 Å². The van der Waals surface area contributed by atoms with Crippen LogP contribution >= 0.6 is 0 Å². The highest BCUT2D eigenvalue weighted by molar-refractivity contribution is 5.97. The first kappa shape index (κ1) is 16.1.